The molecule has 0 aromatic carbocycles. The SMILES string of the molecule is C=CCn1cc(CN(CC)Cc2nc(COC)no2)c(C)n1. The van der Waals surface area contributed by atoms with Gasteiger partial charge in [-0.05, 0) is 13.5 Å². The summed E-state index contributed by atoms with van der Waals surface area (Å²) < 4.78 is 12.1. The summed E-state index contributed by atoms with van der Waals surface area (Å²) in [6.07, 6.45) is 3.90. The van der Waals surface area contributed by atoms with Gasteiger partial charge in [0.05, 0.1) is 18.8 Å². The summed E-state index contributed by atoms with van der Waals surface area (Å²) in [5, 5.41) is 8.36. The summed E-state index contributed by atoms with van der Waals surface area (Å²) >= 11 is 0. The Bertz CT molecular complexity index is 605. The molecule has 0 atom stereocenters. The number of allylic oxidation sites excluding steroid dienone is 1. The summed E-state index contributed by atoms with van der Waals surface area (Å²) in [4.78, 5) is 6.54. The minimum Gasteiger partial charge on any atom is -0.377 e. The van der Waals surface area contributed by atoms with Gasteiger partial charge in [-0.15, -0.1) is 6.58 Å². The van der Waals surface area contributed by atoms with Crippen LogP contribution in [0.4, 0.5) is 0 Å². The molecule has 2 rings (SSSR count). The van der Waals surface area contributed by atoms with Crippen LogP contribution in [0.5, 0.6) is 0 Å². The standard InChI is InChI=1S/C15H23N5O2/c1-5-7-20-9-13(12(3)17-20)8-19(6-2)10-15-16-14(11-21-4)18-22-15/h5,9H,1,6-8,10-11H2,2-4H3. The lowest BCUT2D eigenvalue weighted by Crippen LogP contribution is -2.22. The van der Waals surface area contributed by atoms with Crippen molar-refractivity contribution >= 4 is 0 Å². The topological polar surface area (TPSA) is 69.2 Å². The van der Waals surface area contributed by atoms with E-state index in [4.69, 9.17) is 9.26 Å². The Balaban J connectivity index is 2.00. The average molecular weight is 305 g/mol. The van der Waals surface area contributed by atoms with Gasteiger partial charge in [0.15, 0.2) is 5.82 Å². The monoisotopic (exact) mass is 305 g/mol. The predicted octanol–water partition coefficient (Wildman–Crippen LogP) is 1.93. The van der Waals surface area contributed by atoms with Gasteiger partial charge in [-0.25, -0.2) is 0 Å². The third-order valence-corrected chi connectivity index (χ3v) is 3.35. The number of hydrogen-bond donors (Lipinski definition) is 0. The fourth-order valence-corrected chi connectivity index (χ4v) is 2.19. The highest BCUT2D eigenvalue weighted by Crippen LogP contribution is 2.12. The van der Waals surface area contributed by atoms with Crippen molar-refractivity contribution in [3.63, 3.8) is 0 Å². The summed E-state index contributed by atoms with van der Waals surface area (Å²) in [7, 11) is 1.61. The molecule has 0 aliphatic carbocycles. The molecule has 2 heterocycles. The van der Waals surface area contributed by atoms with E-state index in [0.29, 0.717) is 24.9 Å². The molecule has 120 valence electrons. The van der Waals surface area contributed by atoms with Crippen molar-refractivity contribution in [1.29, 1.82) is 0 Å². The normalized spacial score (nSPS) is 11.3. The molecule has 0 aliphatic heterocycles. The second-order valence-corrected chi connectivity index (χ2v) is 5.09. The van der Waals surface area contributed by atoms with Crippen LogP contribution in [-0.4, -0.2) is 38.5 Å². The Morgan fingerprint density at radius 3 is 2.95 bits per heavy atom. The van der Waals surface area contributed by atoms with Crippen LogP contribution in [0, 0.1) is 6.92 Å². The van der Waals surface area contributed by atoms with E-state index < -0.39 is 0 Å². The third-order valence-electron chi connectivity index (χ3n) is 3.35. The number of aryl methyl sites for hydroxylation is 1. The fraction of sp³-hybridized carbons (Fsp3) is 0.533. The molecule has 0 spiro atoms. The third kappa shape index (κ3) is 4.25. The van der Waals surface area contributed by atoms with Gasteiger partial charge in [0, 0.05) is 25.4 Å². The fourth-order valence-electron chi connectivity index (χ4n) is 2.19. The van der Waals surface area contributed by atoms with E-state index in [9.17, 15) is 0 Å². The van der Waals surface area contributed by atoms with Crippen molar-refractivity contribution in [2.45, 2.75) is 40.1 Å². The van der Waals surface area contributed by atoms with E-state index in [1.807, 2.05) is 17.7 Å². The first-order valence-electron chi connectivity index (χ1n) is 7.32. The van der Waals surface area contributed by atoms with Gasteiger partial charge in [0.1, 0.15) is 6.61 Å². The van der Waals surface area contributed by atoms with Crippen molar-refractivity contribution < 1.29 is 9.26 Å². The molecule has 0 saturated heterocycles. The lowest BCUT2D eigenvalue weighted by molar-refractivity contribution is 0.174. The quantitative estimate of drug-likeness (QED) is 0.659. The Morgan fingerprint density at radius 1 is 1.45 bits per heavy atom. The van der Waals surface area contributed by atoms with Crippen molar-refractivity contribution in [3.05, 3.63) is 41.8 Å². The van der Waals surface area contributed by atoms with Gasteiger partial charge < -0.3 is 9.26 Å². The van der Waals surface area contributed by atoms with Crippen molar-refractivity contribution in [2.24, 2.45) is 0 Å². The Kier molecular flexibility index (Phi) is 5.85. The van der Waals surface area contributed by atoms with Crippen LogP contribution in [0.25, 0.3) is 0 Å². The first kappa shape index (κ1) is 16.4. The van der Waals surface area contributed by atoms with E-state index in [-0.39, 0.29) is 0 Å². The molecule has 2 aromatic heterocycles. The molecule has 0 radical (unpaired) electrons. The molecule has 0 fully saturated rings. The van der Waals surface area contributed by atoms with Crippen LogP contribution in [-0.2, 0) is 31.0 Å². The highest BCUT2D eigenvalue weighted by molar-refractivity contribution is 5.15. The molecule has 0 amide bonds. The lowest BCUT2D eigenvalue weighted by atomic mass is 10.2. The van der Waals surface area contributed by atoms with Crippen LogP contribution in [0.2, 0.25) is 0 Å². The molecule has 0 bridgehead atoms. The molecular weight excluding hydrogens is 282 g/mol. The maximum Gasteiger partial charge on any atom is 0.240 e. The molecule has 22 heavy (non-hydrogen) atoms. The zero-order valence-electron chi connectivity index (χ0n) is 13.4. The minimum atomic E-state index is 0.364. The van der Waals surface area contributed by atoms with Crippen molar-refractivity contribution in [3.8, 4) is 0 Å². The molecule has 7 nitrogen and oxygen atoms in total. The van der Waals surface area contributed by atoms with Crippen LogP contribution < -0.4 is 0 Å². The number of rotatable bonds is 9. The van der Waals surface area contributed by atoms with Gasteiger partial charge in [0.25, 0.3) is 0 Å². The van der Waals surface area contributed by atoms with E-state index in [0.717, 1.165) is 25.3 Å². The van der Waals surface area contributed by atoms with Crippen molar-refractivity contribution in [1.82, 2.24) is 24.8 Å². The second-order valence-electron chi connectivity index (χ2n) is 5.09. The predicted molar refractivity (Wildman–Crippen MR) is 82.0 cm³/mol. The Labute approximate surface area is 130 Å². The van der Waals surface area contributed by atoms with Gasteiger partial charge in [-0.3, -0.25) is 9.58 Å². The van der Waals surface area contributed by atoms with Crippen LogP contribution in [0.3, 0.4) is 0 Å². The smallest absolute Gasteiger partial charge is 0.240 e. The molecular formula is C15H23N5O2. The first-order chi connectivity index (χ1) is 10.7. The molecule has 2 aromatic rings. The molecule has 0 saturated carbocycles. The number of aromatic nitrogens is 4. The van der Waals surface area contributed by atoms with Gasteiger partial charge in [-0.1, -0.05) is 18.2 Å². The average Bonchev–Trinajstić information content (AvgIpc) is 3.06. The largest absolute Gasteiger partial charge is 0.377 e. The van der Waals surface area contributed by atoms with Gasteiger partial charge in [0.2, 0.25) is 5.89 Å². The van der Waals surface area contributed by atoms with E-state index in [2.05, 4.69) is 39.8 Å². The summed E-state index contributed by atoms with van der Waals surface area (Å²) in [6, 6.07) is 0. The maximum absolute atomic E-state index is 5.24. The highest BCUT2D eigenvalue weighted by atomic mass is 16.5. The first-order valence-corrected chi connectivity index (χ1v) is 7.32. The summed E-state index contributed by atoms with van der Waals surface area (Å²) in [5.41, 5.74) is 2.23. The van der Waals surface area contributed by atoms with Crippen molar-refractivity contribution in [2.75, 3.05) is 13.7 Å². The van der Waals surface area contributed by atoms with Crippen LogP contribution in [0.15, 0.2) is 23.4 Å². The van der Waals surface area contributed by atoms with Gasteiger partial charge >= 0.3 is 0 Å². The highest BCUT2D eigenvalue weighted by Gasteiger charge is 2.14. The molecule has 0 N–H and O–H groups in total. The van der Waals surface area contributed by atoms with E-state index in [1.165, 1.54) is 5.56 Å². The molecule has 7 heteroatoms. The molecule has 0 unspecified atom stereocenters. The Hall–Kier alpha value is -1.99. The number of nitrogens with zero attached hydrogens (tertiary/aromatic N) is 5. The number of ether oxygens (including phenoxy) is 1. The number of hydrogen-bond acceptors (Lipinski definition) is 6. The maximum atomic E-state index is 5.24. The lowest BCUT2D eigenvalue weighted by Gasteiger charge is -2.17. The van der Waals surface area contributed by atoms with Gasteiger partial charge in [-0.2, -0.15) is 10.1 Å². The minimum absolute atomic E-state index is 0.364. The Morgan fingerprint density at radius 2 is 2.27 bits per heavy atom. The molecule has 0 aliphatic rings. The van der Waals surface area contributed by atoms with Crippen LogP contribution in [0.1, 0.15) is 29.9 Å². The summed E-state index contributed by atoms with van der Waals surface area (Å²) in [6.45, 7) is 11.2. The second kappa shape index (κ2) is 7.86. The summed E-state index contributed by atoms with van der Waals surface area (Å²) in [5.74, 6) is 1.17. The van der Waals surface area contributed by atoms with E-state index in [1.54, 1.807) is 7.11 Å². The van der Waals surface area contributed by atoms with E-state index >= 15 is 0 Å². The van der Waals surface area contributed by atoms with Crippen LogP contribution >= 0.6 is 0 Å². The zero-order valence-corrected chi connectivity index (χ0v) is 13.4. The zero-order chi connectivity index (χ0) is 15.9. The number of methoxy groups -OCH3 is 1.